The fourth-order valence-corrected chi connectivity index (χ4v) is 4.03. The molecule has 1 saturated heterocycles. The van der Waals surface area contributed by atoms with Gasteiger partial charge in [0, 0.05) is 25.0 Å². The number of nitrogens with zero attached hydrogens (tertiary/aromatic N) is 6. The number of rotatable bonds is 5. The first-order valence-electron chi connectivity index (χ1n) is 10.6. The largest absolute Gasteiger partial charge is 0.472 e. The Balaban J connectivity index is 1.58. The minimum Gasteiger partial charge on any atom is -0.472 e. The number of pyridine rings is 2. The second-order valence-corrected chi connectivity index (χ2v) is 7.86. The molecule has 1 aliphatic heterocycles. The molecule has 2 unspecified atom stereocenters. The van der Waals surface area contributed by atoms with Crippen molar-refractivity contribution in [1.29, 1.82) is 0 Å². The van der Waals surface area contributed by atoms with E-state index in [1.807, 2.05) is 13.8 Å². The zero-order chi connectivity index (χ0) is 23.6. The first kappa shape index (κ1) is 22.7. The number of ether oxygens (including phenoxy) is 1. The average molecular weight is 460 g/mol. The van der Waals surface area contributed by atoms with Crippen LogP contribution in [0.2, 0.25) is 0 Å². The van der Waals surface area contributed by atoms with E-state index in [0.29, 0.717) is 37.2 Å². The summed E-state index contributed by atoms with van der Waals surface area (Å²) in [6, 6.07) is 3.62. The van der Waals surface area contributed by atoms with E-state index in [2.05, 4.69) is 20.2 Å². The van der Waals surface area contributed by atoms with Crippen molar-refractivity contribution in [2.24, 2.45) is 0 Å². The molecule has 4 heterocycles. The summed E-state index contributed by atoms with van der Waals surface area (Å²) in [5.41, 5.74) is 0.355. The molecule has 0 radical (unpaired) electrons. The van der Waals surface area contributed by atoms with Gasteiger partial charge in [-0.1, -0.05) is 6.92 Å². The lowest BCUT2D eigenvalue weighted by Crippen LogP contribution is -2.53. The highest BCUT2D eigenvalue weighted by Gasteiger charge is 2.37. The van der Waals surface area contributed by atoms with Crippen molar-refractivity contribution >= 4 is 5.91 Å². The number of aromatic nitrogens is 5. The summed E-state index contributed by atoms with van der Waals surface area (Å²) in [7, 11) is 0. The molecule has 0 spiro atoms. The lowest BCUT2D eigenvalue weighted by Gasteiger charge is -2.40. The fraction of sp³-hybridized carbons (Fsp3) is 0.409. The summed E-state index contributed by atoms with van der Waals surface area (Å²) in [6.45, 7) is 4.31. The summed E-state index contributed by atoms with van der Waals surface area (Å²) in [6.07, 6.45) is 2.49. The first-order valence-corrected chi connectivity index (χ1v) is 10.6. The number of hydrogen-bond acceptors (Lipinski definition) is 6. The number of hydrogen-bond donors (Lipinski definition) is 0. The van der Waals surface area contributed by atoms with Crippen molar-refractivity contribution < 1.29 is 22.7 Å². The minimum atomic E-state index is -4.46. The molecular formula is C22H23F3N6O2. The third kappa shape index (κ3) is 4.81. The minimum absolute atomic E-state index is 0.0967. The molecule has 8 nitrogen and oxygen atoms in total. The van der Waals surface area contributed by atoms with Crippen LogP contribution < -0.4 is 4.74 Å². The van der Waals surface area contributed by atoms with Crippen LogP contribution in [0.1, 0.15) is 47.7 Å². The standard InChI is InChI=1S/C22H23F3N6O2/c1-3-17-18(33-19-7-6-15(13-26-19)22(23,24)25)5-4-10-30(17)21(32)16-11-14(2)12-27-20(16)31-28-8-9-29-31/h6-9,11-13,17-18H,3-5,10H2,1-2H3. The Morgan fingerprint density at radius 2 is 1.94 bits per heavy atom. The molecule has 1 amide bonds. The molecule has 0 aromatic carbocycles. The summed E-state index contributed by atoms with van der Waals surface area (Å²) in [5, 5.41) is 8.20. The van der Waals surface area contributed by atoms with E-state index in [1.54, 1.807) is 17.2 Å². The van der Waals surface area contributed by atoms with Gasteiger partial charge in [-0.25, -0.2) is 9.97 Å². The van der Waals surface area contributed by atoms with Crippen molar-refractivity contribution in [2.45, 2.75) is 51.4 Å². The number of carbonyl (C=O) groups excluding carboxylic acids is 1. The molecule has 0 aliphatic carbocycles. The molecule has 2 atom stereocenters. The number of likely N-dealkylation sites (tertiary alicyclic amines) is 1. The van der Waals surface area contributed by atoms with Gasteiger partial charge in [0.15, 0.2) is 5.82 Å². The molecule has 1 fully saturated rings. The second kappa shape index (κ2) is 9.16. The van der Waals surface area contributed by atoms with Crippen LogP contribution in [0.5, 0.6) is 5.88 Å². The van der Waals surface area contributed by atoms with Gasteiger partial charge in [0.1, 0.15) is 6.10 Å². The van der Waals surface area contributed by atoms with Crippen molar-refractivity contribution in [1.82, 2.24) is 29.9 Å². The molecule has 33 heavy (non-hydrogen) atoms. The molecule has 0 N–H and O–H groups in total. The number of aryl methyl sites for hydroxylation is 1. The molecular weight excluding hydrogens is 437 g/mol. The van der Waals surface area contributed by atoms with E-state index in [1.165, 1.54) is 23.3 Å². The molecule has 174 valence electrons. The summed E-state index contributed by atoms with van der Waals surface area (Å²) >= 11 is 0. The number of amides is 1. The Labute approximate surface area is 188 Å². The van der Waals surface area contributed by atoms with Crippen LogP contribution in [0.3, 0.4) is 0 Å². The summed E-state index contributed by atoms with van der Waals surface area (Å²) in [5.74, 6) is 0.205. The Bertz CT molecular complexity index is 1100. The van der Waals surface area contributed by atoms with E-state index in [-0.39, 0.29) is 17.8 Å². The number of piperidine rings is 1. The van der Waals surface area contributed by atoms with Gasteiger partial charge in [-0.2, -0.15) is 23.4 Å². The first-order chi connectivity index (χ1) is 15.8. The SMILES string of the molecule is CCC1C(Oc2ccc(C(F)(F)F)cn2)CCCN1C(=O)c1cc(C)cnc1-n1nccn1. The lowest BCUT2D eigenvalue weighted by atomic mass is 9.95. The van der Waals surface area contributed by atoms with E-state index in [0.717, 1.165) is 17.8 Å². The Morgan fingerprint density at radius 3 is 2.58 bits per heavy atom. The Kier molecular flexibility index (Phi) is 6.30. The van der Waals surface area contributed by atoms with E-state index < -0.39 is 17.8 Å². The molecule has 3 aromatic rings. The van der Waals surface area contributed by atoms with Crippen molar-refractivity contribution in [2.75, 3.05) is 6.54 Å². The number of alkyl halides is 3. The van der Waals surface area contributed by atoms with Gasteiger partial charge in [-0.05, 0) is 43.9 Å². The maximum Gasteiger partial charge on any atom is 0.417 e. The monoisotopic (exact) mass is 460 g/mol. The van der Waals surface area contributed by atoms with Gasteiger partial charge in [-0.3, -0.25) is 4.79 Å². The molecule has 11 heteroatoms. The van der Waals surface area contributed by atoms with Crippen LogP contribution in [0, 0.1) is 6.92 Å². The van der Waals surface area contributed by atoms with Gasteiger partial charge in [-0.15, -0.1) is 4.80 Å². The zero-order valence-corrected chi connectivity index (χ0v) is 18.2. The van der Waals surface area contributed by atoms with Crippen LogP contribution in [0.25, 0.3) is 5.82 Å². The Morgan fingerprint density at radius 1 is 1.18 bits per heavy atom. The van der Waals surface area contributed by atoms with Gasteiger partial charge in [0.2, 0.25) is 5.88 Å². The van der Waals surface area contributed by atoms with Crippen molar-refractivity contribution in [3.63, 3.8) is 0 Å². The predicted octanol–water partition coefficient (Wildman–Crippen LogP) is 3.85. The molecule has 0 bridgehead atoms. The number of carbonyl (C=O) groups is 1. The van der Waals surface area contributed by atoms with Crippen molar-refractivity contribution in [3.8, 4) is 11.7 Å². The van der Waals surface area contributed by atoms with E-state index >= 15 is 0 Å². The van der Waals surface area contributed by atoms with Gasteiger partial charge >= 0.3 is 6.18 Å². The number of halogens is 3. The maximum absolute atomic E-state index is 13.6. The van der Waals surface area contributed by atoms with Crippen LogP contribution >= 0.6 is 0 Å². The lowest BCUT2D eigenvalue weighted by molar-refractivity contribution is -0.137. The summed E-state index contributed by atoms with van der Waals surface area (Å²) in [4.78, 5) is 24.8. The molecule has 0 saturated carbocycles. The van der Waals surface area contributed by atoms with Crippen LogP contribution in [0.4, 0.5) is 13.2 Å². The van der Waals surface area contributed by atoms with Crippen LogP contribution in [-0.2, 0) is 6.18 Å². The average Bonchev–Trinajstić information content (AvgIpc) is 3.33. The van der Waals surface area contributed by atoms with E-state index in [4.69, 9.17) is 4.74 Å². The Hall–Kier alpha value is -3.50. The highest BCUT2D eigenvalue weighted by atomic mass is 19.4. The maximum atomic E-state index is 13.6. The highest BCUT2D eigenvalue weighted by Crippen LogP contribution is 2.31. The van der Waals surface area contributed by atoms with Gasteiger partial charge in [0.25, 0.3) is 5.91 Å². The molecule has 1 aliphatic rings. The van der Waals surface area contributed by atoms with Gasteiger partial charge in [0.05, 0.1) is 29.6 Å². The third-order valence-corrected chi connectivity index (χ3v) is 5.57. The van der Waals surface area contributed by atoms with Gasteiger partial charge < -0.3 is 9.64 Å². The molecule has 3 aromatic heterocycles. The van der Waals surface area contributed by atoms with Crippen LogP contribution in [-0.4, -0.2) is 54.5 Å². The summed E-state index contributed by atoms with van der Waals surface area (Å²) < 4.78 is 44.4. The zero-order valence-electron chi connectivity index (χ0n) is 18.2. The van der Waals surface area contributed by atoms with Crippen LogP contribution in [0.15, 0.2) is 43.0 Å². The molecule has 4 rings (SSSR count). The van der Waals surface area contributed by atoms with Crippen molar-refractivity contribution in [3.05, 3.63) is 59.7 Å². The topological polar surface area (TPSA) is 86.0 Å². The smallest absolute Gasteiger partial charge is 0.417 e. The van der Waals surface area contributed by atoms with E-state index in [9.17, 15) is 18.0 Å². The quantitative estimate of drug-likeness (QED) is 0.575. The fourth-order valence-electron chi connectivity index (χ4n) is 4.03. The normalized spacial score (nSPS) is 18.9. The third-order valence-electron chi connectivity index (χ3n) is 5.57. The highest BCUT2D eigenvalue weighted by molar-refractivity contribution is 5.97. The second-order valence-electron chi connectivity index (χ2n) is 7.86. The predicted molar refractivity (Wildman–Crippen MR) is 112 cm³/mol.